The van der Waals surface area contributed by atoms with E-state index in [1.165, 1.54) is 11.1 Å². The first-order valence-corrected chi connectivity index (χ1v) is 8.99. The molecule has 140 valence electrons. The zero-order valence-corrected chi connectivity index (χ0v) is 15.6. The van der Waals surface area contributed by atoms with E-state index >= 15 is 0 Å². The number of hydrogen-bond donors (Lipinski definition) is 2. The van der Waals surface area contributed by atoms with Gasteiger partial charge in [0.15, 0.2) is 0 Å². The molecule has 1 amide bonds. The van der Waals surface area contributed by atoms with Crippen LogP contribution in [0.1, 0.15) is 31.0 Å². The number of aromatic nitrogens is 2. The third kappa shape index (κ3) is 5.01. The number of allylic oxidation sites excluding steroid dienone is 2. The molecule has 6 heteroatoms. The van der Waals surface area contributed by atoms with Crippen molar-refractivity contribution in [2.75, 3.05) is 5.32 Å². The van der Waals surface area contributed by atoms with E-state index in [2.05, 4.69) is 27.4 Å². The van der Waals surface area contributed by atoms with Gasteiger partial charge in [0.1, 0.15) is 0 Å². The number of amides is 1. The van der Waals surface area contributed by atoms with Crippen molar-refractivity contribution in [1.82, 2.24) is 9.97 Å². The molecule has 1 atom stereocenters. The first-order valence-electron chi connectivity index (χ1n) is 8.99. The molecule has 3 rings (SSSR count). The largest absolute Gasteiger partial charge is 0.418 e. The van der Waals surface area contributed by atoms with E-state index in [4.69, 9.17) is 10.5 Å². The standard InChI is InChI=1S/C21H24N4O2/c1-3-16-12-15(5-6-18(16)22)13-19-14(2)4-7-20(25-19)27-21(26)24-17-8-10-23-11-9-17/h3-5,7-11,18H,6,12-13,22H2,1-2H3,(H,23,24,26)/b16-3+. The van der Waals surface area contributed by atoms with Crippen LogP contribution in [-0.4, -0.2) is 22.1 Å². The van der Waals surface area contributed by atoms with Crippen LogP contribution in [0.25, 0.3) is 0 Å². The molecular weight excluding hydrogens is 340 g/mol. The first-order chi connectivity index (χ1) is 13.0. The molecule has 2 heterocycles. The second kappa shape index (κ2) is 8.60. The molecule has 0 saturated heterocycles. The van der Waals surface area contributed by atoms with Crippen molar-refractivity contribution in [3.05, 3.63) is 71.2 Å². The summed E-state index contributed by atoms with van der Waals surface area (Å²) < 4.78 is 5.33. The Morgan fingerprint density at radius 3 is 2.85 bits per heavy atom. The van der Waals surface area contributed by atoms with Gasteiger partial charge in [0, 0.05) is 36.6 Å². The Labute approximate surface area is 159 Å². The fourth-order valence-electron chi connectivity index (χ4n) is 3.04. The third-order valence-electron chi connectivity index (χ3n) is 4.63. The monoisotopic (exact) mass is 364 g/mol. The van der Waals surface area contributed by atoms with E-state index in [9.17, 15) is 4.79 Å². The van der Waals surface area contributed by atoms with Gasteiger partial charge >= 0.3 is 6.09 Å². The topological polar surface area (TPSA) is 90.1 Å². The minimum atomic E-state index is -0.581. The number of aryl methyl sites for hydroxylation is 1. The normalized spacial score (nSPS) is 18.1. The highest BCUT2D eigenvalue weighted by molar-refractivity contribution is 5.85. The summed E-state index contributed by atoms with van der Waals surface area (Å²) >= 11 is 0. The molecule has 0 aromatic carbocycles. The van der Waals surface area contributed by atoms with Crippen molar-refractivity contribution in [2.24, 2.45) is 5.73 Å². The van der Waals surface area contributed by atoms with Gasteiger partial charge in [-0.05, 0) is 44.4 Å². The number of carbonyl (C=O) groups excluding carboxylic acids is 1. The van der Waals surface area contributed by atoms with Crippen LogP contribution in [0.4, 0.5) is 10.5 Å². The fourth-order valence-corrected chi connectivity index (χ4v) is 3.04. The summed E-state index contributed by atoms with van der Waals surface area (Å²) in [5.74, 6) is 0.279. The maximum Gasteiger partial charge on any atom is 0.418 e. The molecule has 27 heavy (non-hydrogen) atoms. The quantitative estimate of drug-likeness (QED) is 0.802. The molecule has 1 aliphatic carbocycles. The minimum absolute atomic E-state index is 0.111. The van der Waals surface area contributed by atoms with Gasteiger partial charge in [-0.1, -0.05) is 29.4 Å². The lowest BCUT2D eigenvalue weighted by Gasteiger charge is -2.22. The lowest BCUT2D eigenvalue weighted by molar-refractivity contribution is 0.213. The highest BCUT2D eigenvalue weighted by Gasteiger charge is 2.17. The number of nitrogens with two attached hydrogens (primary N) is 1. The zero-order valence-electron chi connectivity index (χ0n) is 15.6. The Kier molecular flexibility index (Phi) is 5.98. The zero-order chi connectivity index (χ0) is 19.2. The van der Waals surface area contributed by atoms with Crippen molar-refractivity contribution in [1.29, 1.82) is 0 Å². The average Bonchev–Trinajstić information content (AvgIpc) is 2.66. The Balaban J connectivity index is 1.68. The summed E-state index contributed by atoms with van der Waals surface area (Å²) in [6, 6.07) is 7.11. The minimum Gasteiger partial charge on any atom is -0.391 e. The number of hydrogen-bond acceptors (Lipinski definition) is 5. The molecular formula is C21H24N4O2. The summed E-state index contributed by atoms with van der Waals surface area (Å²) in [5.41, 5.74) is 11.3. The predicted octanol–water partition coefficient (Wildman–Crippen LogP) is 3.93. The van der Waals surface area contributed by atoms with Crippen LogP contribution < -0.4 is 15.8 Å². The summed E-state index contributed by atoms with van der Waals surface area (Å²) in [7, 11) is 0. The van der Waals surface area contributed by atoms with Crippen molar-refractivity contribution >= 4 is 11.8 Å². The molecule has 1 unspecified atom stereocenters. The van der Waals surface area contributed by atoms with Gasteiger partial charge in [-0.15, -0.1) is 0 Å². The molecule has 3 N–H and O–H groups in total. The number of rotatable bonds is 4. The van der Waals surface area contributed by atoms with Crippen LogP contribution in [0, 0.1) is 6.92 Å². The van der Waals surface area contributed by atoms with Gasteiger partial charge in [-0.3, -0.25) is 10.3 Å². The van der Waals surface area contributed by atoms with Crippen molar-refractivity contribution < 1.29 is 9.53 Å². The second-order valence-corrected chi connectivity index (χ2v) is 6.59. The third-order valence-corrected chi connectivity index (χ3v) is 4.63. The molecule has 0 spiro atoms. The van der Waals surface area contributed by atoms with Gasteiger partial charge in [0.2, 0.25) is 5.88 Å². The maximum absolute atomic E-state index is 12.1. The number of nitrogens with one attached hydrogen (secondary N) is 1. The highest BCUT2D eigenvalue weighted by atomic mass is 16.6. The summed E-state index contributed by atoms with van der Waals surface area (Å²) in [5, 5.41) is 2.65. The van der Waals surface area contributed by atoms with Gasteiger partial charge in [-0.25, -0.2) is 9.78 Å². The molecule has 0 bridgehead atoms. The lowest BCUT2D eigenvalue weighted by atomic mass is 9.87. The molecule has 6 nitrogen and oxygen atoms in total. The van der Waals surface area contributed by atoms with Crippen molar-refractivity contribution in [2.45, 2.75) is 39.2 Å². The van der Waals surface area contributed by atoms with Crippen LogP contribution in [0.3, 0.4) is 0 Å². The summed E-state index contributed by atoms with van der Waals surface area (Å²) in [6.45, 7) is 4.03. The molecule has 0 radical (unpaired) electrons. The molecule has 1 aliphatic rings. The molecule has 2 aromatic heterocycles. The van der Waals surface area contributed by atoms with Gasteiger partial charge in [-0.2, -0.15) is 0 Å². The Morgan fingerprint density at radius 2 is 2.11 bits per heavy atom. The van der Waals surface area contributed by atoms with Crippen LogP contribution in [0.2, 0.25) is 0 Å². The SMILES string of the molecule is C/C=C1\CC(Cc2nc(OC(=O)Nc3ccncc3)ccc2C)=CCC1N. The number of carbonyl (C=O) groups is 1. The van der Waals surface area contributed by atoms with Gasteiger partial charge < -0.3 is 10.5 Å². The van der Waals surface area contributed by atoms with Crippen molar-refractivity contribution in [3.8, 4) is 5.88 Å². The number of pyridine rings is 2. The van der Waals surface area contributed by atoms with Crippen LogP contribution in [0.5, 0.6) is 5.88 Å². The van der Waals surface area contributed by atoms with Crippen LogP contribution >= 0.6 is 0 Å². The highest BCUT2D eigenvalue weighted by Crippen LogP contribution is 2.26. The van der Waals surface area contributed by atoms with E-state index < -0.39 is 6.09 Å². The number of nitrogens with zero attached hydrogens (tertiary/aromatic N) is 2. The Bertz CT molecular complexity index is 875. The van der Waals surface area contributed by atoms with E-state index in [-0.39, 0.29) is 11.9 Å². The van der Waals surface area contributed by atoms with E-state index in [0.29, 0.717) is 5.69 Å². The Hall–Kier alpha value is -2.99. The molecule has 2 aromatic rings. The smallest absolute Gasteiger partial charge is 0.391 e. The molecule has 0 fully saturated rings. The number of ether oxygens (including phenoxy) is 1. The fraction of sp³-hybridized carbons (Fsp3) is 0.286. The summed E-state index contributed by atoms with van der Waals surface area (Å²) in [4.78, 5) is 20.5. The first kappa shape index (κ1) is 18.8. The van der Waals surface area contributed by atoms with Gasteiger partial charge in [0.05, 0.1) is 5.69 Å². The van der Waals surface area contributed by atoms with E-state index in [1.54, 1.807) is 30.6 Å². The predicted molar refractivity (Wildman–Crippen MR) is 106 cm³/mol. The van der Waals surface area contributed by atoms with Crippen LogP contribution in [-0.2, 0) is 6.42 Å². The van der Waals surface area contributed by atoms with Gasteiger partial charge in [0.25, 0.3) is 0 Å². The van der Waals surface area contributed by atoms with E-state index in [0.717, 1.165) is 30.5 Å². The summed E-state index contributed by atoms with van der Waals surface area (Å²) in [6.07, 6.45) is 9.34. The lowest BCUT2D eigenvalue weighted by Crippen LogP contribution is -2.25. The van der Waals surface area contributed by atoms with Crippen LogP contribution in [0.15, 0.2) is 60.0 Å². The second-order valence-electron chi connectivity index (χ2n) is 6.59. The van der Waals surface area contributed by atoms with Crippen molar-refractivity contribution in [3.63, 3.8) is 0 Å². The Morgan fingerprint density at radius 1 is 1.33 bits per heavy atom. The van der Waals surface area contributed by atoms with E-state index in [1.807, 2.05) is 19.9 Å². The molecule has 0 saturated carbocycles. The number of anilines is 1. The average molecular weight is 364 g/mol. The maximum atomic E-state index is 12.1. The molecule has 0 aliphatic heterocycles.